The zero-order valence-electron chi connectivity index (χ0n) is 36.1. The molecule has 8 heteroatoms. The Morgan fingerprint density at radius 2 is 0.734 bits per heavy atom. The van der Waals surface area contributed by atoms with E-state index in [0.717, 1.165) is 89.0 Å². The van der Waals surface area contributed by atoms with Gasteiger partial charge in [-0.3, -0.25) is 9.97 Å². The highest BCUT2D eigenvalue weighted by molar-refractivity contribution is 6.14. The minimum absolute atomic E-state index is 0.230. The van der Waals surface area contributed by atoms with Crippen molar-refractivity contribution >= 4 is 55.4 Å². The van der Waals surface area contributed by atoms with Crippen molar-refractivity contribution in [1.29, 1.82) is 0 Å². The second-order valence-corrected chi connectivity index (χ2v) is 18.2. The minimum atomic E-state index is -0.230. The molecule has 0 saturated heterocycles. The molecule has 12 rings (SSSR count). The number of aliphatic imine (C=N–C) groups is 2. The van der Waals surface area contributed by atoms with Crippen molar-refractivity contribution in [2.45, 2.75) is 38.8 Å². The average molecular weight is 833 g/mol. The molecule has 6 heterocycles. The van der Waals surface area contributed by atoms with Gasteiger partial charge in [-0.05, 0) is 136 Å². The van der Waals surface area contributed by atoms with Crippen molar-refractivity contribution in [2.75, 3.05) is 13.2 Å². The Morgan fingerprint density at radius 3 is 1.06 bits per heavy atom. The fourth-order valence-electron chi connectivity index (χ4n) is 9.28. The largest absolute Gasteiger partial charge is 0.475 e. The summed E-state index contributed by atoms with van der Waals surface area (Å²) in [5.74, 6) is 1.30. The molecular weight excluding hydrogens is 789 g/mol. The van der Waals surface area contributed by atoms with Crippen molar-refractivity contribution in [2.24, 2.45) is 9.98 Å². The lowest BCUT2D eigenvalue weighted by Gasteiger charge is -2.09. The second-order valence-electron chi connectivity index (χ2n) is 18.2. The predicted octanol–water partition coefficient (Wildman–Crippen LogP) is 12.8. The quantitative estimate of drug-likeness (QED) is 0.160. The zero-order chi connectivity index (χ0) is 43.2. The summed E-state index contributed by atoms with van der Waals surface area (Å²) >= 11 is 0. The summed E-state index contributed by atoms with van der Waals surface area (Å²) in [6.07, 6.45) is 3.74. The monoisotopic (exact) mass is 832 g/mol. The van der Waals surface area contributed by atoms with Gasteiger partial charge >= 0.3 is 0 Å². The molecule has 6 aromatic carbocycles. The molecule has 0 fully saturated rings. The summed E-state index contributed by atoms with van der Waals surface area (Å²) in [4.78, 5) is 19.3. The minimum Gasteiger partial charge on any atom is -0.475 e. The summed E-state index contributed by atoms with van der Waals surface area (Å²) in [5.41, 5.74) is 14.3. The first-order valence-electron chi connectivity index (χ1n) is 21.8. The molecule has 0 spiro atoms. The Kier molecular flexibility index (Phi) is 8.50. The highest BCUT2D eigenvalue weighted by Crippen LogP contribution is 2.40. The van der Waals surface area contributed by atoms with E-state index in [4.69, 9.17) is 29.4 Å². The molecule has 2 aliphatic rings. The zero-order valence-corrected chi connectivity index (χ0v) is 36.1. The van der Waals surface area contributed by atoms with E-state index in [-0.39, 0.29) is 11.1 Å². The molecule has 0 aliphatic carbocycles. The van der Waals surface area contributed by atoms with Crippen molar-refractivity contribution in [3.63, 3.8) is 0 Å². The van der Waals surface area contributed by atoms with Crippen LogP contribution >= 0.6 is 0 Å². The van der Waals surface area contributed by atoms with Crippen molar-refractivity contribution in [1.82, 2.24) is 19.1 Å². The van der Waals surface area contributed by atoms with Gasteiger partial charge in [-0.2, -0.15) is 0 Å². The lowest BCUT2D eigenvalue weighted by atomic mass is 9.99. The number of hydrogen-bond donors (Lipinski definition) is 0. The van der Waals surface area contributed by atoms with Crippen LogP contribution in [-0.4, -0.2) is 55.2 Å². The summed E-state index contributed by atoms with van der Waals surface area (Å²) in [6.45, 7) is 9.45. The maximum absolute atomic E-state index is 5.91. The van der Waals surface area contributed by atoms with Crippen LogP contribution in [0.2, 0.25) is 0 Å². The van der Waals surface area contributed by atoms with Crippen LogP contribution in [0.25, 0.3) is 88.6 Å². The first-order valence-corrected chi connectivity index (χ1v) is 21.8. The fraction of sp³-hybridized carbons (Fsp3) is 0.143. The Hall–Kier alpha value is -7.84. The summed E-state index contributed by atoms with van der Waals surface area (Å²) in [5, 5.41) is 4.67. The Balaban J connectivity index is 0.987. The van der Waals surface area contributed by atoms with Crippen molar-refractivity contribution < 1.29 is 9.47 Å². The number of rotatable bonds is 7. The molecule has 8 nitrogen and oxygen atoms in total. The smallest absolute Gasteiger partial charge is 0.218 e. The number of benzene rings is 6. The van der Waals surface area contributed by atoms with Crippen LogP contribution in [-0.2, 0) is 9.47 Å². The van der Waals surface area contributed by atoms with Crippen molar-refractivity contribution in [3.8, 4) is 45.0 Å². The molecule has 0 bridgehead atoms. The van der Waals surface area contributed by atoms with Crippen molar-refractivity contribution in [3.05, 3.63) is 181 Å². The molecule has 2 aliphatic heterocycles. The molecule has 4 aromatic heterocycles. The molecule has 64 heavy (non-hydrogen) atoms. The van der Waals surface area contributed by atoms with Crippen LogP contribution in [0.3, 0.4) is 0 Å². The van der Waals surface area contributed by atoms with Gasteiger partial charge < -0.3 is 18.6 Å². The van der Waals surface area contributed by atoms with Gasteiger partial charge in [-0.1, -0.05) is 60.7 Å². The fourth-order valence-corrected chi connectivity index (χ4v) is 9.28. The molecular formula is C56H44N6O2. The van der Waals surface area contributed by atoms with Crippen LogP contribution in [0.4, 0.5) is 0 Å². The van der Waals surface area contributed by atoms with E-state index in [1.807, 2.05) is 12.4 Å². The Bertz CT molecular complexity index is 3290. The number of para-hydroxylation sites is 2. The molecule has 0 radical (unpaired) electrons. The first-order chi connectivity index (χ1) is 31.1. The predicted molar refractivity (Wildman–Crippen MR) is 260 cm³/mol. The second kappa shape index (κ2) is 14.4. The lowest BCUT2D eigenvalue weighted by Crippen LogP contribution is -2.17. The lowest BCUT2D eigenvalue weighted by molar-refractivity contribution is 0.279. The highest BCUT2D eigenvalue weighted by Gasteiger charge is 2.28. The molecule has 10 aromatic rings. The van der Waals surface area contributed by atoms with Gasteiger partial charge in [-0.25, -0.2) is 9.98 Å². The van der Waals surface area contributed by atoms with Gasteiger partial charge in [-0.15, -0.1) is 0 Å². The number of hydrogen-bond acceptors (Lipinski definition) is 6. The Labute approximate surface area is 370 Å². The Morgan fingerprint density at radius 1 is 0.391 bits per heavy atom. The maximum atomic E-state index is 5.91. The topological polar surface area (TPSA) is 78.8 Å². The summed E-state index contributed by atoms with van der Waals surface area (Å²) < 4.78 is 16.5. The number of aromatic nitrogens is 4. The SMILES string of the molecule is CC1(C)COC(c2ccc(-c3ccc4c(c3)c3cc(-c5ccc6c(c5)c5cc(-c7ccc(C8=NC(C)(C)CO8)cn7)ccc5n6-c5ccccc5)ccc3n4-c3ccccc3)nc2)=N1. The van der Waals surface area contributed by atoms with Crippen LogP contribution in [0.5, 0.6) is 0 Å². The molecule has 0 amide bonds. The molecule has 310 valence electrons. The molecule has 0 saturated carbocycles. The first kappa shape index (κ1) is 37.9. The van der Waals surface area contributed by atoms with Gasteiger partial charge in [0.1, 0.15) is 13.2 Å². The highest BCUT2D eigenvalue weighted by atomic mass is 16.5. The number of nitrogens with zero attached hydrogens (tertiary/aromatic N) is 6. The third-order valence-electron chi connectivity index (χ3n) is 12.4. The third-order valence-corrected chi connectivity index (χ3v) is 12.4. The number of fused-ring (bicyclic) bond motifs is 6. The molecule has 0 N–H and O–H groups in total. The van der Waals surface area contributed by atoms with Crippen LogP contribution in [0.1, 0.15) is 38.8 Å². The van der Waals surface area contributed by atoms with E-state index in [9.17, 15) is 0 Å². The van der Waals surface area contributed by atoms with E-state index >= 15 is 0 Å². The average Bonchev–Trinajstić information content (AvgIpc) is 4.08. The van der Waals surface area contributed by atoms with E-state index in [1.54, 1.807) is 0 Å². The van der Waals surface area contributed by atoms with E-state index in [0.29, 0.717) is 25.0 Å². The number of pyridine rings is 2. The third kappa shape index (κ3) is 6.44. The standard InChI is InChI=1S/C56H44N6O2/c1-55(2)33-63-53(59-55)39-15-21-47(57-31-39)37-19-25-51-45(29-37)43-27-35(17-23-49(43)61(51)41-11-7-5-8-12-41)36-18-24-50-44(28-36)46-30-38(20-26-52(46)62(50)42-13-9-6-10-14-42)48-22-16-40(32-58-48)54-60-56(3,4)34-64-54/h5-32H,33-34H2,1-4H3. The van der Waals surface area contributed by atoms with E-state index in [1.165, 1.54) is 10.8 Å². The molecule has 0 atom stereocenters. The van der Waals surface area contributed by atoms with Gasteiger partial charge in [0, 0.05) is 56.4 Å². The van der Waals surface area contributed by atoms with Crippen LogP contribution in [0, 0.1) is 0 Å². The van der Waals surface area contributed by atoms with Gasteiger partial charge in [0.15, 0.2) is 0 Å². The van der Waals surface area contributed by atoms with Gasteiger partial charge in [0.25, 0.3) is 0 Å². The molecule has 0 unspecified atom stereocenters. The van der Waals surface area contributed by atoms with Crippen LogP contribution in [0.15, 0.2) is 180 Å². The van der Waals surface area contributed by atoms with Gasteiger partial charge in [0.2, 0.25) is 11.8 Å². The van der Waals surface area contributed by atoms with Crippen LogP contribution < -0.4 is 0 Å². The summed E-state index contributed by atoms with van der Waals surface area (Å²) in [6, 6.07) is 56.5. The maximum Gasteiger partial charge on any atom is 0.218 e. The van der Waals surface area contributed by atoms with E-state index < -0.39 is 0 Å². The van der Waals surface area contributed by atoms with E-state index in [2.05, 4.69) is 195 Å². The summed E-state index contributed by atoms with van der Waals surface area (Å²) in [7, 11) is 0. The number of ether oxygens (including phenoxy) is 2. The van der Waals surface area contributed by atoms with Gasteiger partial charge in [0.05, 0.1) is 55.7 Å². The normalized spacial score (nSPS) is 15.4.